The summed E-state index contributed by atoms with van der Waals surface area (Å²) in [5.41, 5.74) is 2.11. The number of likely N-dealkylation sites (tertiary alicyclic amines) is 1. The fourth-order valence-electron chi connectivity index (χ4n) is 3.75. The van der Waals surface area contributed by atoms with Gasteiger partial charge in [-0.1, -0.05) is 60.7 Å². The van der Waals surface area contributed by atoms with Gasteiger partial charge in [-0.25, -0.2) is 9.78 Å². The molecule has 154 valence electrons. The number of nitrogens with one attached hydrogen (secondary N) is 1. The van der Waals surface area contributed by atoms with Gasteiger partial charge in [0.15, 0.2) is 0 Å². The highest BCUT2D eigenvalue weighted by Gasteiger charge is 2.27. The third-order valence-corrected chi connectivity index (χ3v) is 5.24. The molecule has 3 aromatic rings. The molecule has 6 heteroatoms. The molecule has 0 bridgehead atoms. The van der Waals surface area contributed by atoms with E-state index in [1.807, 2.05) is 72.5 Å². The SMILES string of the molecule is Cc1nccc(OC2CCCN(C(=O)NC(c3ccccc3)c3ccccc3)C2)n1. The third kappa shape index (κ3) is 4.95. The fourth-order valence-corrected chi connectivity index (χ4v) is 3.75. The van der Waals surface area contributed by atoms with E-state index in [0.29, 0.717) is 24.8 Å². The molecule has 2 heterocycles. The Labute approximate surface area is 176 Å². The summed E-state index contributed by atoms with van der Waals surface area (Å²) < 4.78 is 6.02. The monoisotopic (exact) mass is 402 g/mol. The molecule has 1 aliphatic rings. The van der Waals surface area contributed by atoms with Crippen molar-refractivity contribution in [2.75, 3.05) is 13.1 Å². The molecular formula is C24H26N4O2. The Kier molecular flexibility index (Phi) is 6.23. The molecule has 0 saturated carbocycles. The van der Waals surface area contributed by atoms with Crippen molar-refractivity contribution in [3.63, 3.8) is 0 Å². The van der Waals surface area contributed by atoms with Crippen LogP contribution in [0.3, 0.4) is 0 Å². The number of ether oxygens (including phenoxy) is 1. The van der Waals surface area contributed by atoms with Crippen LogP contribution in [-0.4, -0.2) is 40.1 Å². The molecule has 1 unspecified atom stereocenters. The molecule has 1 N–H and O–H groups in total. The van der Waals surface area contributed by atoms with Gasteiger partial charge >= 0.3 is 6.03 Å². The largest absolute Gasteiger partial charge is 0.472 e. The highest BCUT2D eigenvalue weighted by molar-refractivity contribution is 5.75. The number of piperidine rings is 1. The van der Waals surface area contributed by atoms with Crippen LogP contribution in [0, 0.1) is 6.92 Å². The summed E-state index contributed by atoms with van der Waals surface area (Å²) in [5.74, 6) is 1.23. The molecule has 0 radical (unpaired) electrons. The van der Waals surface area contributed by atoms with Crippen molar-refractivity contribution in [2.24, 2.45) is 0 Å². The molecule has 4 rings (SSSR count). The molecule has 1 aromatic heterocycles. The molecule has 6 nitrogen and oxygen atoms in total. The Morgan fingerprint density at radius 3 is 2.37 bits per heavy atom. The quantitative estimate of drug-likeness (QED) is 0.697. The van der Waals surface area contributed by atoms with E-state index in [0.717, 1.165) is 24.0 Å². The van der Waals surface area contributed by atoms with Gasteiger partial charge in [0.2, 0.25) is 5.88 Å². The lowest BCUT2D eigenvalue weighted by atomic mass is 9.99. The average Bonchev–Trinajstić information content (AvgIpc) is 2.79. The van der Waals surface area contributed by atoms with E-state index in [9.17, 15) is 4.79 Å². The summed E-state index contributed by atoms with van der Waals surface area (Å²) >= 11 is 0. The summed E-state index contributed by atoms with van der Waals surface area (Å²) in [5, 5.41) is 3.22. The lowest BCUT2D eigenvalue weighted by molar-refractivity contribution is 0.0969. The smallest absolute Gasteiger partial charge is 0.318 e. The van der Waals surface area contributed by atoms with E-state index >= 15 is 0 Å². The highest BCUT2D eigenvalue weighted by atomic mass is 16.5. The Bertz CT molecular complexity index is 926. The van der Waals surface area contributed by atoms with Crippen molar-refractivity contribution in [3.05, 3.63) is 89.9 Å². The molecule has 2 aromatic carbocycles. The van der Waals surface area contributed by atoms with Gasteiger partial charge in [-0.05, 0) is 30.9 Å². The molecule has 1 aliphatic heterocycles. The van der Waals surface area contributed by atoms with E-state index < -0.39 is 0 Å². The van der Waals surface area contributed by atoms with Crippen molar-refractivity contribution in [1.82, 2.24) is 20.2 Å². The minimum Gasteiger partial charge on any atom is -0.472 e. The minimum absolute atomic E-state index is 0.0781. The highest BCUT2D eigenvalue weighted by Crippen LogP contribution is 2.23. The summed E-state index contributed by atoms with van der Waals surface area (Å²) in [7, 11) is 0. The zero-order valence-electron chi connectivity index (χ0n) is 17.1. The molecule has 1 fully saturated rings. The van der Waals surface area contributed by atoms with Gasteiger partial charge in [0, 0.05) is 18.8 Å². The zero-order valence-corrected chi connectivity index (χ0v) is 17.1. The van der Waals surface area contributed by atoms with E-state index in [-0.39, 0.29) is 18.2 Å². The van der Waals surface area contributed by atoms with Gasteiger partial charge in [0.1, 0.15) is 11.9 Å². The number of aryl methyl sites for hydroxylation is 1. The standard InChI is InChI=1S/C24H26N4O2/c1-18-25-15-14-22(26-18)30-21-13-8-16-28(17-21)24(29)27-23(19-9-4-2-5-10-19)20-11-6-3-7-12-20/h2-7,9-12,14-15,21,23H,8,13,16-17H2,1H3,(H,27,29). The van der Waals surface area contributed by atoms with E-state index in [1.54, 1.807) is 12.3 Å². The number of amides is 2. The first-order valence-electron chi connectivity index (χ1n) is 10.3. The predicted molar refractivity (Wildman–Crippen MR) is 115 cm³/mol. The topological polar surface area (TPSA) is 67.3 Å². The lowest BCUT2D eigenvalue weighted by Gasteiger charge is -2.34. The van der Waals surface area contributed by atoms with E-state index in [4.69, 9.17) is 4.74 Å². The van der Waals surface area contributed by atoms with Crippen LogP contribution in [0.2, 0.25) is 0 Å². The predicted octanol–water partition coefficient (Wildman–Crippen LogP) is 4.13. The first-order valence-corrected chi connectivity index (χ1v) is 10.3. The summed E-state index contributed by atoms with van der Waals surface area (Å²) in [6.45, 7) is 3.08. The van der Waals surface area contributed by atoms with Crippen molar-refractivity contribution in [3.8, 4) is 5.88 Å². The molecule has 0 aliphatic carbocycles. The molecule has 1 atom stereocenters. The van der Waals surface area contributed by atoms with Crippen molar-refractivity contribution in [1.29, 1.82) is 0 Å². The second-order valence-electron chi connectivity index (χ2n) is 7.47. The van der Waals surface area contributed by atoms with Crippen LogP contribution in [0.1, 0.15) is 35.8 Å². The number of carbonyl (C=O) groups is 1. The normalized spacial score (nSPS) is 16.3. The summed E-state index contributed by atoms with van der Waals surface area (Å²) in [6.07, 6.45) is 3.40. The van der Waals surface area contributed by atoms with Crippen LogP contribution in [0.25, 0.3) is 0 Å². The number of aromatic nitrogens is 2. The zero-order chi connectivity index (χ0) is 20.8. The number of carbonyl (C=O) groups excluding carboxylic acids is 1. The third-order valence-electron chi connectivity index (χ3n) is 5.24. The van der Waals surface area contributed by atoms with Crippen LogP contribution in [0.5, 0.6) is 5.88 Å². The maximum absolute atomic E-state index is 13.1. The average molecular weight is 402 g/mol. The number of urea groups is 1. The van der Waals surface area contributed by atoms with Gasteiger partial charge in [0.25, 0.3) is 0 Å². The van der Waals surface area contributed by atoms with Crippen molar-refractivity contribution < 1.29 is 9.53 Å². The Morgan fingerprint density at radius 1 is 1.07 bits per heavy atom. The number of hydrogen-bond donors (Lipinski definition) is 1. The number of hydrogen-bond acceptors (Lipinski definition) is 4. The van der Waals surface area contributed by atoms with Gasteiger partial charge in [0.05, 0.1) is 12.6 Å². The number of rotatable bonds is 5. The summed E-state index contributed by atoms with van der Waals surface area (Å²) in [4.78, 5) is 23.4. The van der Waals surface area contributed by atoms with Crippen LogP contribution in [0.15, 0.2) is 72.9 Å². The minimum atomic E-state index is -0.203. The van der Waals surface area contributed by atoms with E-state index in [1.165, 1.54) is 0 Å². The fraction of sp³-hybridized carbons (Fsp3) is 0.292. The van der Waals surface area contributed by atoms with Crippen LogP contribution in [0.4, 0.5) is 4.79 Å². The maximum Gasteiger partial charge on any atom is 0.318 e. The Hall–Kier alpha value is -3.41. The first kappa shape index (κ1) is 19.9. The van der Waals surface area contributed by atoms with Crippen LogP contribution < -0.4 is 10.1 Å². The molecule has 1 saturated heterocycles. The van der Waals surface area contributed by atoms with Gasteiger partial charge < -0.3 is 15.0 Å². The van der Waals surface area contributed by atoms with Crippen molar-refractivity contribution in [2.45, 2.75) is 31.9 Å². The maximum atomic E-state index is 13.1. The van der Waals surface area contributed by atoms with E-state index in [2.05, 4.69) is 15.3 Å². The second-order valence-corrected chi connectivity index (χ2v) is 7.47. The molecule has 2 amide bonds. The van der Waals surface area contributed by atoms with Gasteiger partial charge in [-0.2, -0.15) is 4.98 Å². The Morgan fingerprint density at radius 2 is 1.73 bits per heavy atom. The second kappa shape index (κ2) is 9.39. The van der Waals surface area contributed by atoms with Crippen LogP contribution in [-0.2, 0) is 0 Å². The summed E-state index contributed by atoms with van der Waals surface area (Å²) in [6, 6.07) is 21.6. The van der Waals surface area contributed by atoms with Crippen molar-refractivity contribution >= 4 is 6.03 Å². The molecular weight excluding hydrogens is 376 g/mol. The lowest BCUT2D eigenvalue weighted by Crippen LogP contribution is -2.49. The first-order chi connectivity index (χ1) is 14.7. The number of nitrogens with zero attached hydrogens (tertiary/aromatic N) is 3. The molecule has 0 spiro atoms. The van der Waals surface area contributed by atoms with Gasteiger partial charge in [-0.3, -0.25) is 0 Å². The van der Waals surface area contributed by atoms with Crippen LogP contribution >= 0.6 is 0 Å². The van der Waals surface area contributed by atoms with Gasteiger partial charge in [-0.15, -0.1) is 0 Å². The number of benzene rings is 2. The molecule has 30 heavy (non-hydrogen) atoms. The Balaban J connectivity index is 1.45.